The fraction of sp³-hybridized carbons (Fsp3) is 0.316. The van der Waals surface area contributed by atoms with Gasteiger partial charge in [0.25, 0.3) is 0 Å². The SMILES string of the molecule is O=C(CN1CCC(NS(=O)(=O)c2ccc(F)cc2)CC1)Nc1cccc(Cl)c1. The van der Waals surface area contributed by atoms with Gasteiger partial charge in [-0.25, -0.2) is 17.5 Å². The minimum atomic E-state index is -3.69. The zero-order valence-corrected chi connectivity index (χ0v) is 16.6. The van der Waals surface area contributed by atoms with E-state index in [1.54, 1.807) is 24.3 Å². The number of nitrogens with one attached hydrogen (secondary N) is 2. The summed E-state index contributed by atoms with van der Waals surface area (Å²) in [7, 11) is -3.69. The van der Waals surface area contributed by atoms with Crippen molar-refractivity contribution < 1.29 is 17.6 Å². The molecule has 9 heteroatoms. The van der Waals surface area contributed by atoms with E-state index in [9.17, 15) is 17.6 Å². The van der Waals surface area contributed by atoms with Crippen LogP contribution in [0.2, 0.25) is 5.02 Å². The molecule has 0 aromatic heterocycles. The number of sulfonamides is 1. The molecule has 0 unspecified atom stereocenters. The molecule has 2 N–H and O–H groups in total. The number of carbonyl (C=O) groups excluding carboxylic acids is 1. The molecule has 0 spiro atoms. The van der Waals surface area contributed by atoms with Crippen LogP contribution in [0.15, 0.2) is 53.4 Å². The summed E-state index contributed by atoms with van der Waals surface area (Å²) < 4.78 is 40.4. The van der Waals surface area contributed by atoms with E-state index in [1.165, 1.54) is 12.1 Å². The van der Waals surface area contributed by atoms with Crippen molar-refractivity contribution in [1.82, 2.24) is 9.62 Å². The van der Waals surface area contributed by atoms with Crippen LogP contribution in [-0.2, 0) is 14.8 Å². The standard InChI is InChI=1S/C19H21ClFN3O3S/c20-14-2-1-3-17(12-14)22-19(25)13-24-10-8-16(9-11-24)23-28(26,27)18-6-4-15(21)5-7-18/h1-7,12,16,23H,8-11,13H2,(H,22,25). The van der Waals surface area contributed by atoms with E-state index in [4.69, 9.17) is 11.6 Å². The lowest BCUT2D eigenvalue weighted by Crippen LogP contribution is -2.46. The summed E-state index contributed by atoms with van der Waals surface area (Å²) in [6.07, 6.45) is 1.18. The summed E-state index contributed by atoms with van der Waals surface area (Å²) in [5.41, 5.74) is 0.638. The highest BCUT2D eigenvalue weighted by atomic mass is 35.5. The van der Waals surface area contributed by atoms with Crippen molar-refractivity contribution in [3.8, 4) is 0 Å². The Balaban J connectivity index is 1.47. The van der Waals surface area contributed by atoms with Crippen molar-refractivity contribution in [2.45, 2.75) is 23.8 Å². The quantitative estimate of drug-likeness (QED) is 0.746. The van der Waals surface area contributed by atoms with Crippen molar-refractivity contribution in [1.29, 1.82) is 0 Å². The Bertz CT molecular complexity index is 930. The van der Waals surface area contributed by atoms with Gasteiger partial charge in [0.05, 0.1) is 11.4 Å². The second-order valence-electron chi connectivity index (χ2n) is 6.68. The Labute approximate surface area is 168 Å². The van der Waals surface area contributed by atoms with Crippen molar-refractivity contribution >= 4 is 33.2 Å². The van der Waals surface area contributed by atoms with E-state index < -0.39 is 15.8 Å². The molecule has 1 aliphatic rings. The van der Waals surface area contributed by atoms with Gasteiger partial charge in [-0.05, 0) is 55.3 Å². The number of carbonyl (C=O) groups is 1. The molecule has 3 rings (SSSR count). The third kappa shape index (κ3) is 5.75. The molecule has 2 aromatic carbocycles. The number of anilines is 1. The molecule has 6 nitrogen and oxygen atoms in total. The van der Waals surface area contributed by atoms with Gasteiger partial charge in [0, 0.05) is 29.8 Å². The maximum atomic E-state index is 13.0. The Morgan fingerprint density at radius 2 is 1.82 bits per heavy atom. The lowest BCUT2D eigenvalue weighted by molar-refractivity contribution is -0.117. The first-order valence-corrected chi connectivity index (χ1v) is 10.7. The average molecular weight is 426 g/mol. The topological polar surface area (TPSA) is 78.5 Å². The molecule has 1 amide bonds. The van der Waals surface area contributed by atoms with E-state index >= 15 is 0 Å². The molecule has 28 heavy (non-hydrogen) atoms. The molecular formula is C19H21ClFN3O3S. The number of piperidine rings is 1. The number of likely N-dealkylation sites (tertiary alicyclic amines) is 1. The molecule has 1 heterocycles. The van der Waals surface area contributed by atoms with Gasteiger partial charge in [-0.2, -0.15) is 0 Å². The van der Waals surface area contributed by atoms with Gasteiger partial charge in [0.2, 0.25) is 15.9 Å². The predicted octanol–water partition coefficient (Wildman–Crippen LogP) is 2.86. The Kier molecular flexibility index (Phi) is 6.66. The highest BCUT2D eigenvalue weighted by Gasteiger charge is 2.25. The number of halogens is 2. The van der Waals surface area contributed by atoms with E-state index in [-0.39, 0.29) is 23.4 Å². The van der Waals surface area contributed by atoms with Gasteiger partial charge in [0.15, 0.2) is 0 Å². The highest BCUT2D eigenvalue weighted by Crippen LogP contribution is 2.17. The van der Waals surface area contributed by atoms with Crippen LogP contribution in [0.4, 0.5) is 10.1 Å². The minimum absolute atomic E-state index is 0.0391. The normalized spacial score (nSPS) is 16.1. The third-order valence-electron chi connectivity index (χ3n) is 4.51. The lowest BCUT2D eigenvalue weighted by atomic mass is 10.1. The number of benzene rings is 2. The molecule has 0 saturated carbocycles. The van der Waals surface area contributed by atoms with Crippen LogP contribution >= 0.6 is 11.6 Å². The van der Waals surface area contributed by atoms with Crippen LogP contribution < -0.4 is 10.0 Å². The van der Waals surface area contributed by atoms with Crippen molar-refractivity contribution in [2.75, 3.05) is 25.0 Å². The smallest absolute Gasteiger partial charge is 0.240 e. The molecule has 0 bridgehead atoms. The van der Waals surface area contributed by atoms with Gasteiger partial charge < -0.3 is 5.32 Å². The van der Waals surface area contributed by atoms with E-state index in [0.29, 0.717) is 36.6 Å². The summed E-state index contributed by atoms with van der Waals surface area (Å²) in [4.78, 5) is 14.2. The van der Waals surface area contributed by atoms with E-state index in [1.807, 2.05) is 4.90 Å². The van der Waals surface area contributed by atoms with Crippen molar-refractivity contribution in [3.63, 3.8) is 0 Å². The molecule has 150 valence electrons. The Morgan fingerprint density at radius 3 is 2.46 bits per heavy atom. The molecule has 0 aliphatic carbocycles. The van der Waals surface area contributed by atoms with Gasteiger partial charge in [-0.1, -0.05) is 17.7 Å². The van der Waals surface area contributed by atoms with Crippen LogP contribution in [0, 0.1) is 5.82 Å². The van der Waals surface area contributed by atoms with Crippen molar-refractivity contribution in [2.24, 2.45) is 0 Å². The van der Waals surface area contributed by atoms with Crippen molar-refractivity contribution in [3.05, 3.63) is 59.4 Å². The molecular weight excluding hydrogens is 405 g/mol. The Hall–Kier alpha value is -2.00. The number of hydrogen-bond donors (Lipinski definition) is 2. The summed E-state index contributed by atoms with van der Waals surface area (Å²) >= 11 is 5.90. The van der Waals surface area contributed by atoms with Crippen LogP contribution in [0.25, 0.3) is 0 Å². The second kappa shape index (κ2) is 9.00. The zero-order valence-electron chi connectivity index (χ0n) is 15.1. The minimum Gasteiger partial charge on any atom is -0.325 e. The molecule has 0 atom stereocenters. The summed E-state index contributed by atoms with van der Waals surface area (Å²) in [5, 5.41) is 3.35. The van der Waals surface area contributed by atoms with Crippen LogP contribution in [0.3, 0.4) is 0 Å². The fourth-order valence-corrected chi connectivity index (χ4v) is 4.58. The maximum Gasteiger partial charge on any atom is 0.240 e. The molecule has 0 radical (unpaired) electrons. The highest BCUT2D eigenvalue weighted by molar-refractivity contribution is 7.89. The number of rotatable bonds is 6. The average Bonchev–Trinajstić information content (AvgIpc) is 2.63. The number of hydrogen-bond acceptors (Lipinski definition) is 4. The zero-order chi connectivity index (χ0) is 20.1. The summed E-state index contributed by atoms with van der Waals surface area (Å²) in [6.45, 7) is 1.42. The Morgan fingerprint density at radius 1 is 1.14 bits per heavy atom. The van der Waals surface area contributed by atoms with E-state index in [0.717, 1.165) is 12.1 Å². The molecule has 1 aliphatic heterocycles. The number of nitrogens with zero attached hydrogens (tertiary/aromatic N) is 1. The van der Waals surface area contributed by atoms with Crippen LogP contribution in [0.1, 0.15) is 12.8 Å². The van der Waals surface area contributed by atoms with Gasteiger partial charge in [0.1, 0.15) is 5.82 Å². The lowest BCUT2D eigenvalue weighted by Gasteiger charge is -2.31. The van der Waals surface area contributed by atoms with Gasteiger partial charge in [-0.15, -0.1) is 0 Å². The van der Waals surface area contributed by atoms with Gasteiger partial charge in [-0.3, -0.25) is 9.69 Å². The number of amides is 1. The van der Waals surface area contributed by atoms with E-state index in [2.05, 4.69) is 10.0 Å². The molecule has 2 aromatic rings. The predicted molar refractivity (Wildman–Crippen MR) is 106 cm³/mol. The first-order valence-electron chi connectivity index (χ1n) is 8.87. The third-order valence-corrected chi connectivity index (χ3v) is 6.28. The molecule has 1 saturated heterocycles. The summed E-state index contributed by atoms with van der Waals surface area (Å²) in [5.74, 6) is -0.629. The first-order chi connectivity index (χ1) is 13.3. The van der Waals surface area contributed by atoms with Crippen LogP contribution in [0.5, 0.6) is 0 Å². The largest absolute Gasteiger partial charge is 0.325 e. The first kappa shape index (κ1) is 20.7. The molecule has 1 fully saturated rings. The fourth-order valence-electron chi connectivity index (χ4n) is 3.08. The van der Waals surface area contributed by atoms with Gasteiger partial charge >= 0.3 is 0 Å². The maximum absolute atomic E-state index is 13.0. The second-order valence-corrected chi connectivity index (χ2v) is 8.83. The monoisotopic (exact) mass is 425 g/mol. The summed E-state index contributed by atoms with van der Waals surface area (Å²) in [6, 6.07) is 11.4. The van der Waals surface area contributed by atoms with Crippen LogP contribution in [-0.4, -0.2) is 44.9 Å².